The van der Waals surface area contributed by atoms with E-state index in [2.05, 4.69) is 43.4 Å². The molecule has 0 fully saturated rings. The molecular formula is C23H23NO. The van der Waals surface area contributed by atoms with Crippen molar-refractivity contribution in [2.75, 3.05) is 5.32 Å². The van der Waals surface area contributed by atoms with Crippen LogP contribution < -0.4 is 5.32 Å². The van der Waals surface area contributed by atoms with Gasteiger partial charge in [0.25, 0.3) is 5.91 Å². The van der Waals surface area contributed by atoms with Gasteiger partial charge in [-0.2, -0.15) is 0 Å². The molecule has 0 aliphatic heterocycles. The number of hydrogen-bond donors (Lipinski definition) is 1. The maximum atomic E-state index is 12.7. The summed E-state index contributed by atoms with van der Waals surface area (Å²) in [6.45, 7) is 8.20. The number of hydrogen-bond acceptors (Lipinski definition) is 1. The molecule has 0 aliphatic carbocycles. The minimum Gasteiger partial charge on any atom is -0.322 e. The summed E-state index contributed by atoms with van der Waals surface area (Å²) in [7, 11) is 0. The molecule has 1 amide bonds. The third kappa shape index (κ3) is 3.63. The van der Waals surface area contributed by atoms with Crippen molar-refractivity contribution in [3.8, 4) is 11.1 Å². The second-order valence-corrected chi connectivity index (χ2v) is 6.62. The molecule has 0 heterocycles. The number of benzene rings is 3. The molecule has 1 N–H and O–H groups in total. The van der Waals surface area contributed by atoms with E-state index in [1.807, 2.05) is 50.2 Å². The third-order valence-corrected chi connectivity index (χ3v) is 4.55. The zero-order valence-corrected chi connectivity index (χ0v) is 15.2. The molecule has 0 radical (unpaired) electrons. The van der Waals surface area contributed by atoms with Gasteiger partial charge in [0.15, 0.2) is 0 Å². The first-order valence-corrected chi connectivity index (χ1v) is 8.51. The van der Waals surface area contributed by atoms with Crippen LogP contribution >= 0.6 is 0 Å². The fourth-order valence-corrected chi connectivity index (χ4v) is 3.07. The van der Waals surface area contributed by atoms with Crippen LogP contribution in [0.5, 0.6) is 0 Å². The largest absolute Gasteiger partial charge is 0.322 e. The van der Waals surface area contributed by atoms with Gasteiger partial charge in [0, 0.05) is 11.3 Å². The molecule has 0 bridgehead atoms. The van der Waals surface area contributed by atoms with Gasteiger partial charge in [-0.3, -0.25) is 4.79 Å². The molecule has 0 aromatic heterocycles. The number of aryl methyl sites for hydroxylation is 4. The second-order valence-electron chi connectivity index (χ2n) is 6.62. The first kappa shape index (κ1) is 17.0. The highest BCUT2D eigenvalue weighted by Gasteiger charge is 2.11. The number of nitrogens with one attached hydrogen (secondary N) is 1. The Morgan fingerprint density at radius 3 is 2.16 bits per heavy atom. The molecule has 126 valence electrons. The van der Waals surface area contributed by atoms with Crippen LogP contribution in [-0.2, 0) is 0 Å². The normalized spacial score (nSPS) is 10.6. The van der Waals surface area contributed by atoms with E-state index in [0.717, 1.165) is 22.4 Å². The molecule has 2 nitrogen and oxygen atoms in total. The van der Waals surface area contributed by atoms with Crippen molar-refractivity contribution < 1.29 is 4.79 Å². The first-order chi connectivity index (χ1) is 12.0. The Morgan fingerprint density at radius 2 is 1.44 bits per heavy atom. The molecule has 0 aliphatic rings. The number of rotatable bonds is 3. The Kier molecular flexibility index (Phi) is 4.71. The summed E-state index contributed by atoms with van der Waals surface area (Å²) in [6.07, 6.45) is 0. The van der Waals surface area contributed by atoms with Crippen LogP contribution in [0.4, 0.5) is 5.69 Å². The maximum absolute atomic E-state index is 12.7. The van der Waals surface area contributed by atoms with Gasteiger partial charge >= 0.3 is 0 Å². The highest BCUT2D eigenvalue weighted by Crippen LogP contribution is 2.26. The Balaban J connectivity index is 1.94. The fraction of sp³-hybridized carbons (Fsp3) is 0.174. The highest BCUT2D eigenvalue weighted by molar-refractivity contribution is 6.05. The molecule has 25 heavy (non-hydrogen) atoms. The lowest BCUT2D eigenvalue weighted by atomic mass is 9.97. The van der Waals surface area contributed by atoms with E-state index in [0.29, 0.717) is 5.56 Å². The molecular weight excluding hydrogens is 306 g/mol. The lowest BCUT2D eigenvalue weighted by Crippen LogP contribution is -2.13. The summed E-state index contributed by atoms with van der Waals surface area (Å²) in [5.74, 6) is -0.0791. The lowest BCUT2D eigenvalue weighted by molar-refractivity contribution is 0.102. The average molecular weight is 329 g/mol. The molecule has 2 heteroatoms. The van der Waals surface area contributed by atoms with Gasteiger partial charge in [-0.1, -0.05) is 54.1 Å². The molecule has 0 saturated heterocycles. The number of carbonyl (C=O) groups is 1. The Hall–Kier alpha value is -2.87. The summed E-state index contributed by atoms with van der Waals surface area (Å²) in [5, 5.41) is 3.06. The van der Waals surface area contributed by atoms with Gasteiger partial charge in [-0.25, -0.2) is 0 Å². The van der Waals surface area contributed by atoms with Gasteiger partial charge in [0.1, 0.15) is 0 Å². The molecule has 3 rings (SSSR count). The molecule has 3 aromatic rings. The van der Waals surface area contributed by atoms with E-state index in [9.17, 15) is 4.79 Å². The van der Waals surface area contributed by atoms with Gasteiger partial charge in [-0.15, -0.1) is 0 Å². The summed E-state index contributed by atoms with van der Waals surface area (Å²) in [5.41, 5.74) is 8.35. The number of amides is 1. The number of anilines is 1. The van der Waals surface area contributed by atoms with Crippen LogP contribution in [0.1, 0.15) is 32.6 Å². The van der Waals surface area contributed by atoms with Crippen molar-refractivity contribution in [3.63, 3.8) is 0 Å². The van der Waals surface area contributed by atoms with Gasteiger partial charge in [0.05, 0.1) is 0 Å². The predicted octanol–water partition coefficient (Wildman–Crippen LogP) is 5.84. The van der Waals surface area contributed by atoms with Crippen LogP contribution in [0.2, 0.25) is 0 Å². The minimum absolute atomic E-state index is 0.0791. The fourth-order valence-electron chi connectivity index (χ4n) is 3.07. The molecule has 0 atom stereocenters. The van der Waals surface area contributed by atoms with Gasteiger partial charge < -0.3 is 5.32 Å². The van der Waals surface area contributed by atoms with Crippen LogP contribution in [0.3, 0.4) is 0 Å². The monoisotopic (exact) mass is 329 g/mol. The summed E-state index contributed by atoms with van der Waals surface area (Å²) >= 11 is 0. The predicted molar refractivity (Wildman–Crippen MR) is 105 cm³/mol. The minimum atomic E-state index is -0.0791. The Labute approximate surface area is 149 Å². The van der Waals surface area contributed by atoms with Crippen LogP contribution in [-0.4, -0.2) is 5.91 Å². The average Bonchev–Trinajstić information content (AvgIpc) is 2.60. The van der Waals surface area contributed by atoms with Crippen molar-refractivity contribution in [2.24, 2.45) is 0 Å². The Morgan fingerprint density at radius 1 is 0.760 bits per heavy atom. The van der Waals surface area contributed by atoms with E-state index in [1.165, 1.54) is 16.7 Å². The Bertz CT molecular complexity index is 920. The van der Waals surface area contributed by atoms with Gasteiger partial charge in [0.2, 0.25) is 0 Å². The maximum Gasteiger partial charge on any atom is 0.255 e. The zero-order chi connectivity index (χ0) is 18.0. The third-order valence-electron chi connectivity index (χ3n) is 4.55. The van der Waals surface area contributed by atoms with Crippen LogP contribution in [0, 0.1) is 27.7 Å². The van der Waals surface area contributed by atoms with Crippen LogP contribution in [0.15, 0.2) is 60.7 Å². The molecule has 0 unspecified atom stereocenters. The topological polar surface area (TPSA) is 29.1 Å². The van der Waals surface area contributed by atoms with Crippen molar-refractivity contribution >= 4 is 11.6 Å². The molecule has 0 spiro atoms. The zero-order valence-electron chi connectivity index (χ0n) is 15.2. The van der Waals surface area contributed by atoms with E-state index in [4.69, 9.17) is 0 Å². The summed E-state index contributed by atoms with van der Waals surface area (Å²) in [6, 6.07) is 20.2. The van der Waals surface area contributed by atoms with Crippen molar-refractivity contribution in [3.05, 3.63) is 88.5 Å². The van der Waals surface area contributed by atoms with Crippen molar-refractivity contribution in [1.29, 1.82) is 0 Å². The lowest BCUT2D eigenvalue weighted by Gasteiger charge is -2.13. The van der Waals surface area contributed by atoms with Crippen LogP contribution in [0.25, 0.3) is 11.1 Å². The van der Waals surface area contributed by atoms with E-state index >= 15 is 0 Å². The summed E-state index contributed by atoms with van der Waals surface area (Å²) in [4.78, 5) is 12.7. The number of carbonyl (C=O) groups excluding carboxylic acids is 1. The van der Waals surface area contributed by atoms with Crippen molar-refractivity contribution in [1.82, 2.24) is 0 Å². The number of para-hydroxylation sites is 1. The molecule has 3 aromatic carbocycles. The standard InChI is InChI=1S/C23H23NO/c1-15-11-12-16(2)21(13-15)19-9-6-10-20(14-19)23(25)24-22-17(3)7-5-8-18(22)4/h5-14H,1-4H3,(H,24,25). The summed E-state index contributed by atoms with van der Waals surface area (Å²) < 4.78 is 0. The van der Waals surface area contributed by atoms with E-state index < -0.39 is 0 Å². The van der Waals surface area contributed by atoms with Crippen molar-refractivity contribution in [2.45, 2.75) is 27.7 Å². The smallest absolute Gasteiger partial charge is 0.255 e. The highest BCUT2D eigenvalue weighted by atomic mass is 16.1. The van der Waals surface area contributed by atoms with E-state index in [-0.39, 0.29) is 5.91 Å². The SMILES string of the molecule is Cc1ccc(C)c(-c2cccc(C(=O)Nc3c(C)cccc3C)c2)c1. The molecule has 0 saturated carbocycles. The second kappa shape index (κ2) is 6.94. The van der Waals surface area contributed by atoms with E-state index in [1.54, 1.807) is 0 Å². The quantitative estimate of drug-likeness (QED) is 0.642. The first-order valence-electron chi connectivity index (χ1n) is 8.51. The van der Waals surface area contributed by atoms with Gasteiger partial charge in [-0.05, 0) is 67.6 Å².